The summed E-state index contributed by atoms with van der Waals surface area (Å²) in [4.78, 5) is 11.1. The van der Waals surface area contributed by atoms with E-state index in [1.165, 1.54) is 29.6 Å². The van der Waals surface area contributed by atoms with Gasteiger partial charge >= 0.3 is 0 Å². The van der Waals surface area contributed by atoms with Gasteiger partial charge in [0.15, 0.2) is 0 Å². The molecule has 1 aliphatic heterocycles. The van der Waals surface area contributed by atoms with Crippen LogP contribution in [0.2, 0.25) is 0 Å². The molecule has 0 atom stereocenters. The number of piperidine rings is 1. The topological polar surface area (TPSA) is 92.4 Å². The molecular formula is C16H21N5O3S. The minimum Gasteiger partial charge on any atom is -0.363 e. The van der Waals surface area contributed by atoms with Crippen LogP contribution in [0, 0.1) is 6.92 Å². The summed E-state index contributed by atoms with van der Waals surface area (Å²) in [6.45, 7) is 2.95. The first-order chi connectivity index (χ1) is 12.1. The molecule has 0 radical (unpaired) electrons. The first-order valence-electron chi connectivity index (χ1n) is 8.52. The van der Waals surface area contributed by atoms with E-state index in [0.29, 0.717) is 25.2 Å². The van der Waals surface area contributed by atoms with E-state index >= 15 is 0 Å². The number of aryl methyl sites for hydroxylation is 1. The van der Waals surface area contributed by atoms with E-state index in [-0.39, 0.29) is 4.90 Å². The van der Waals surface area contributed by atoms with Gasteiger partial charge in [0, 0.05) is 36.9 Å². The van der Waals surface area contributed by atoms with Gasteiger partial charge < -0.3 is 9.42 Å². The van der Waals surface area contributed by atoms with Gasteiger partial charge in [-0.15, -0.1) is 0 Å². The minimum atomic E-state index is -3.51. The number of anilines is 1. The standard InChI is InChI=1S/C16H21N5O3S/c1-12-8-16(18-11-17-12)21(13-2-3-13)14-4-6-20(7-5-14)25(22,23)15-9-19-24-10-15/h8-11,13-14H,2-7H2,1H3. The second kappa shape index (κ2) is 6.38. The predicted octanol–water partition coefficient (Wildman–Crippen LogP) is 1.60. The van der Waals surface area contributed by atoms with Crippen molar-refractivity contribution < 1.29 is 12.9 Å². The molecule has 3 heterocycles. The van der Waals surface area contributed by atoms with Crippen molar-refractivity contribution in [2.24, 2.45) is 0 Å². The zero-order valence-corrected chi connectivity index (χ0v) is 14.9. The third-order valence-electron chi connectivity index (χ3n) is 4.86. The molecule has 8 nitrogen and oxygen atoms in total. The Bertz CT molecular complexity index is 827. The van der Waals surface area contributed by atoms with Gasteiger partial charge in [-0.25, -0.2) is 18.4 Å². The van der Waals surface area contributed by atoms with Crippen LogP contribution in [0.15, 0.2) is 34.3 Å². The zero-order chi connectivity index (χ0) is 17.4. The molecule has 0 unspecified atom stereocenters. The highest BCUT2D eigenvalue weighted by molar-refractivity contribution is 7.89. The molecule has 0 amide bonds. The number of nitrogens with zero attached hydrogens (tertiary/aromatic N) is 5. The van der Waals surface area contributed by atoms with E-state index in [0.717, 1.165) is 24.4 Å². The minimum absolute atomic E-state index is 0.122. The first kappa shape index (κ1) is 16.5. The van der Waals surface area contributed by atoms with Crippen molar-refractivity contribution in [2.45, 2.75) is 49.6 Å². The summed E-state index contributed by atoms with van der Waals surface area (Å²) in [6.07, 6.45) is 7.94. The van der Waals surface area contributed by atoms with Gasteiger partial charge in [-0.2, -0.15) is 4.31 Å². The van der Waals surface area contributed by atoms with Gasteiger partial charge in [-0.1, -0.05) is 5.16 Å². The lowest BCUT2D eigenvalue weighted by molar-refractivity contribution is 0.308. The van der Waals surface area contributed by atoms with Crippen molar-refractivity contribution in [1.82, 2.24) is 19.4 Å². The highest BCUT2D eigenvalue weighted by Crippen LogP contribution is 2.35. The lowest BCUT2D eigenvalue weighted by Crippen LogP contribution is -2.48. The van der Waals surface area contributed by atoms with Crippen molar-refractivity contribution in [3.63, 3.8) is 0 Å². The Labute approximate surface area is 146 Å². The Morgan fingerprint density at radius 1 is 1.16 bits per heavy atom. The van der Waals surface area contributed by atoms with E-state index in [1.54, 1.807) is 6.33 Å². The van der Waals surface area contributed by atoms with E-state index in [1.807, 2.05) is 13.0 Å². The number of rotatable bonds is 5. The van der Waals surface area contributed by atoms with Gasteiger partial charge in [0.05, 0.1) is 6.20 Å². The normalized spacial score (nSPS) is 19.9. The summed E-state index contributed by atoms with van der Waals surface area (Å²) >= 11 is 0. The van der Waals surface area contributed by atoms with Crippen LogP contribution in [-0.4, -0.2) is 53.0 Å². The van der Waals surface area contributed by atoms with Crippen LogP contribution in [-0.2, 0) is 10.0 Å². The molecule has 0 bridgehead atoms. The van der Waals surface area contributed by atoms with Crippen molar-refractivity contribution in [1.29, 1.82) is 0 Å². The molecule has 1 aliphatic carbocycles. The smallest absolute Gasteiger partial charge is 0.247 e. The quantitative estimate of drug-likeness (QED) is 0.796. The van der Waals surface area contributed by atoms with E-state index in [9.17, 15) is 8.42 Å². The Balaban J connectivity index is 1.49. The maximum Gasteiger partial charge on any atom is 0.247 e. The largest absolute Gasteiger partial charge is 0.363 e. The van der Waals surface area contributed by atoms with E-state index in [2.05, 4.69) is 24.5 Å². The lowest BCUT2D eigenvalue weighted by Gasteiger charge is -2.38. The molecule has 2 aliphatic rings. The van der Waals surface area contributed by atoms with Gasteiger partial charge in [0.25, 0.3) is 0 Å². The monoisotopic (exact) mass is 363 g/mol. The average molecular weight is 363 g/mol. The fourth-order valence-electron chi connectivity index (χ4n) is 3.44. The molecule has 1 saturated heterocycles. The van der Waals surface area contributed by atoms with Crippen molar-refractivity contribution in [3.05, 3.63) is 30.5 Å². The van der Waals surface area contributed by atoms with E-state index in [4.69, 9.17) is 0 Å². The molecule has 9 heteroatoms. The summed E-state index contributed by atoms with van der Waals surface area (Å²) < 4.78 is 31.4. The highest BCUT2D eigenvalue weighted by atomic mass is 32.2. The summed E-state index contributed by atoms with van der Waals surface area (Å²) in [7, 11) is -3.51. The molecule has 0 aromatic carbocycles. The third-order valence-corrected chi connectivity index (χ3v) is 6.70. The first-order valence-corrected chi connectivity index (χ1v) is 9.96. The molecule has 2 aromatic rings. The van der Waals surface area contributed by atoms with Crippen LogP contribution in [0.25, 0.3) is 0 Å². The molecule has 4 rings (SSSR count). The average Bonchev–Trinajstić information content (AvgIpc) is 3.26. The lowest BCUT2D eigenvalue weighted by atomic mass is 10.0. The molecule has 25 heavy (non-hydrogen) atoms. The van der Waals surface area contributed by atoms with Crippen LogP contribution in [0.1, 0.15) is 31.4 Å². The van der Waals surface area contributed by atoms with Gasteiger partial charge in [-0.05, 0) is 32.6 Å². The van der Waals surface area contributed by atoms with Crippen LogP contribution in [0.4, 0.5) is 5.82 Å². The molecule has 2 aromatic heterocycles. The van der Waals surface area contributed by atoms with Crippen molar-refractivity contribution in [2.75, 3.05) is 18.0 Å². The molecule has 2 fully saturated rings. The summed E-state index contributed by atoms with van der Waals surface area (Å²) in [5, 5.41) is 3.50. The SMILES string of the molecule is Cc1cc(N(C2CC2)C2CCN(S(=O)(=O)c3cnoc3)CC2)ncn1. The second-order valence-electron chi connectivity index (χ2n) is 6.65. The Hall–Kier alpha value is -2.00. The molecule has 0 spiro atoms. The van der Waals surface area contributed by atoms with Crippen LogP contribution < -0.4 is 4.90 Å². The van der Waals surface area contributed by atoms with Crippen LogP contribution in [0.5, 0.6) is 0 Å². The summed E-state index contributed by atoms with van der Waals surface area (Å²) in [5.41, 5.74) is 0.947. The maximum atomic E-state index is 12.6. The second-order valence-corrected chi connectivity index (χ2v) is 8.59. The number of sulfonamides is 1. The van der Waals surface area contributed by atoms with Gasteiger partial charge in [0.2, 0.25) is 10.0 Å². The Morgan fingerprint density at radius 3 is 2.48 bits per heavy atom. The highest BCUT2D eigenvalue weighted by Gasteiger charge is 2.38. The third kappa shape index (κ3) is 3.25. The zero-order valence-electron chi connectivity index (χ0n) is 14.1. The molecule has 1 saturated carbocycles. The molecular weight excluding hydrogens is 342 g/mol. The number of aromatic nitrogens is 3. The molecule has 0 N–H and O–H groups in total. The maximum absolute atomic E-state index is 12.6. The number of hydrogen-bond acceptors (Lipinski definition) is 7. The van der Waals surface area contributed by atoms with E-state index < -0.39 is 10.0 Å². The van der Waals surface area contributed by atoms with Crippen LogP contribution in [0.3, 0.4) is 0 Å². The summed E-state index contributed by atoms with van der Waals surface area (Å²) in [6, 6.07) is 2.83. The van der Waals surface area contributed by atoms with Gasteiger partial charge in [0.1, 0.15) is 23.3 Å². The predicted molar refractivity (Wildman–Crippen MR) is 90.6 cm³/mol. The van der Waals surface area contributed by atoms with Crippen molar-refractivity contribution in [3.8, 4) is 0 Å². The fourth-order valence-corrected chi connectivity index (χ4v) is 4.77. The van der Waals surface area contributed by atoms with Gasteiger partial charge in [-0.3, -0.25) is 0 Å². The fraction of sp³-hybridized carbons (Fsp3) is 0.562. The number of hydrogen-bond donors (Lipinski definition) is 0. The van der Waals surface area contributed by atoms with Crippen molar-refractivity contribution >= 4 is 15.8 Å². The molecule has 134 valence electrons. The van der Waals surface area contributed by atoms with Crippen LogP contribution >= 0.6 is 0 Å². The summed E-state index contributed by atoms with van der Waals surface area (Å²) in [5.74, 6) is 0.954. The Morgan fingerprint density at radius 2 is 1.88 bits per heavy atom. The Kier molecular flexibility index (Phi) is 4.20.